The first-order valence-corrected chi connectivity index (χ1v) is 13.8. The minimum atomic E-state index is -3.40. The summed E-state index contributed by atoms with van der Waals surface area (Å²) in [6.45, 7) is 17.5. The van der Waals surface area contributed by atoms with E-state index in [1.807, 2.05) is 13.0 Å². The molecule has 2 N–H and O–H groups in total. The maximum Gasteiger partial charge on any atom is 0.321 e. The Hall–Kier alpha value is -1.84. The van der Waals surface area contributed by atoms with Crippen molar-refractivity contribution in [1.29, 1.82) is 0 Å². The van der Waals surface area contributed by atoms with E-state index in [4.69, 9.17) is 4.74 Å². The molecule has 2 aliphatic heterocycles. The van der Waals surface area contributed by atoms with E-state index in [9.17, 15) is 13.2 Å². The fourth-order valence-corrected chi connectivity index (χ4v) is 5.61. The number of piperidine rings is 1. The highest BCUT2D eigenvalue weighted by Gasteiger charge is 2.34. The molecule has 1 aromatic carbocycles. The Labute approximate surface area is 205 Å². The van der Waals surface area contributed by atoms with Crippen molar-refractivity contribution in [2.75, 3.05) is 29.9 Å². The lowest BCUT2D eigenvalue weighted by Crippen LogP contribution is -2.52. The summed E-state index contributed by atoms with van der Waals surface area (Å²) in [7, 11) is -3.40. The molecule has 0 aromatic heterocycles. The molecule has 192 valence electrons. The lowest BCUT2D eigenvalue weighted by Gasteiger charge is -2.43. The average Bonchev–Trinajstić information content (AvgIpc) is 2.74. The Morgan fingerprint density at radius 2 is 1.68 bits per heavy atom. The van der Waals surface area contributed by atoms with Crippen molar-refractivity contribution >= 4 is 27.4 Å². The van der Waals surface area contributed by atoms with Gasteiger partial charge < -0.3 is 19.9 Å². The number of nitrogens with zero attached hydrogens (tertiary/aromatic N) is 2. The van der Waals surface area contributed by atoms with Gasteiger partial charge in [0.1, 0.15) is 0 Å². The first kappa shape index (κ1) is 26.8. The van der Waals surface area contributed by atoms with E-state index in [-0.39, 0.29) is 30.3 Å². The molecule has 1 aromatic rings. The van der Waals surface area contributed by atoms with Gasteiger partial charge in [0.2, 0.25) is 10.0 Å². The van der Waals surface area contributed by atoms with Gasteiger partial charge in [-0.05, 0) is 91.5 Å². The molecule has 0 spiro atoms. The van der Waals surface area contributed by atoms with Crippen LogP contribution in [0.1, 0.15) is 65.5 Å². The topological polar surface area (TPSA) is 91.0 Å². The standard InChI is InChI=1S/C25H42N4O4S/c1-16-15-29(19(4)20(5)33-16)23-10-9-22(17(2)18(23)3)26-24(30)28-13-11-21(12-14-28)27-34(31,32)25(6,7)8/h9-10,16,19-21,27H,11-15H2,1-8H3,(H,26,30)/t16-,19?,20+/m0/s1. The van der Waals surface area contributed by atoms with Crippen molar-refractivity contribution in [3.63, 3.8) is 0 Å². The Bertz CT molecular complexity index is 997. The van der Waals surface area contributed by atoms with Crippen LogP contribution in [0, 0.1) is 13.8 Å². The molecule has 1 unspecified atom stereocenters. The number of ether oxygens (including phenoxy) is 1. The molecule has 2 fully saturated rings. The van der Waals surface area contributed by atoms with Crippen LogP contribution in [0.25, 0.3) is 0 Å². The summed E-state index contributed by atoms with van der Waals surface area (Å²) >= 11 is 0. The van der Waals surface area contributed by atoms with E-state index in [0.29, 0.717) is 25.9 Å². The monoisotopic (exact) mass is 494 g/mol. The van der Waals surface area contributed by atoms with Crippen molar-refractivity contribution in [2.45, 2.75) is 97.3 Å². The van der Waals surface area contributed by atoms with Gasteiger partial charge in [-0.15, -0.1) is 0 Å². The van der Waals surface area contributed by atoms with E-state index in [1.165, 1.54) is 5.69 Å². The highest BCUT2D eigenvalue weighted by Crippen LogP contribution is 2.33. The maximum absolute atomic E-state index is 13.0. The van der Waals surface area contributed by atoms with Crippen LogP contribution in [-0.2, 0) is 14.8 Å². The van der Waals surface area contributed by atoms with Gasteiger partial charge in [-0.2, -0.15) is 0 Å². The number of sulfonamides is 1. The first-order valence-electron chi connectivity index (χ1n) is 12.3. The Morgan fingerprint density at radius 3 is 2.26 bits per heavy atom. The van der Waals surface area contributed by atoms with Gasteiger partial charge in [-0.3, -0.25) is 0 Å². The molecule has 3 atom stereocenters. The molecular formula is C25H42N4O4S. The van der Waals surface area contributed by atoms with E-state index < -0.39 is 14.8 Å². The number of amides is 2. The summed E-state index contributed by atoms with van der Waals surface area (Å²) in [6.07, 6.45) is 1.52. The van der Waals surface area contributed by atoms with Crippen LogP contribution in [0.5, 0.6) is 0 Å². The minimum absolute atomic E-state index is 0.142. The second-order valence-corrected chi connectivity index (χ2v) is 13.3. The van der Waals surface area contributed by atoms with Gasteiger partial charge in [0.15, 0.2) is 0 Å². The quantitative estimate of drug-likeness (QED) is 0.660. The lowest BCUT2D eigenvalue weighted by atomic mass is 10.0. The fraction of sp³-hybridized carbons (Fsp3) is 0.720. The van der Waals surface area contributed by atoms with Crippen LogP contribution in [0.4, 0.5) is 16.2 Å². The number of likely N-dealkylation sites (tertiary alicyclic amines) is 1. The number of urea groups is 1. The van der Waals surface area contributed by atoms with E-state index >= 15 is 0 Å². The minimum Gasteiger partial charge on any atom is -0.372 e. The highest BCUT2D eigenvalue weighted by molar-refractivity contribution is 7.90. The van der Waals surface area contributed by atoms with Crippen LogP contribution in [0.15, 0.2) is 12.1 Å². The zero-order chi connectivity index (χ0) is 25.4. The predicted octanol–water partition coefficient (Wildman–Crippen LogP) is 4.02. The largest absolute Gasteiger partial charge is 0.372 e. The molecule has 9 heteroatoms. The summed E-state index contributed by atoms with van der Waals surface area (Å²) in [4.78, 5) is 17.1. The van der Waals surface area contributed by atoms with Crippen LogP contribution < -0.4 is 14.9 Å². The number of nitrogens with one attached hydrogen (secondary N) is 2. The molecule has 2 amide bonds. The fourth-order valence-electron chi connectivity index (χ4n) is 4.58. The summed E-state index contributed by atoms with van der Waals surface area (Å²) in [5.74, 6) is 0. The van der Waals surface area contributed by atoms with Crippen molar-refractivity contribution in [2.24, 2.45) is 0 Å². The van der Waals surface area contributed by atoms with Gasteiger partial charge in [-0.1, -0.05) is 0 Å². The number of benzene rings is 1. The third kappa shape index (κ3) is 5.69. The number of carbonyl (C=O) groups is 1. The molecule has 0 aliphatic carbocycles. The number of hydrogen-bond donors (Lipinski definition) is 2. The van der Waals surface area contributed by atoms with Crippen molar-refractivity contribution in [1.82, 2.24) is 9.62 Å². The van der Waals surface area contributed by atoms with Gasteiger partial charge in [0.05, 0.1) is 23.0 Å². The molecular weight excluding hydrogens is 452 g/mol. The van der Waals surface area contributed by atoms with Crippen molar-refractivity contribution < 1.29 is 17.9 Å². The third-order valence-corrected chi connectivity index (χ3v) is 9.55. The lowest BCUT2D eigenvalue weighted by molar-refractivity contribution is -0.0258. The SMILES string of the molecule is Cc1c(NC(=O)N2CCC(NS(=O)(=O)C(C)(C)C)CC2)ccc(N2C[C@H](C)O[C@H](C)C2C)c1C. The zero-order valence-electron chi connectivity index (χ0n) is 21.9. The molecule has 0 radical (unpaired) electrons. The number of hydrogen-bond acceptors (Lipinski definition) is 5. The van der Waals surface area contributed by atoms with Crippen LogP contribution in [0.3, 0.4) is 0 Å². The highest BCUT2D eigenvalue weighted by atomic mass is 32.2. The number of rotatable bonds is 4. The predicted molar refractivity (Wildman–Crippen MR) is 138 cm³/mol. The average molecular weight is 495 g/mol. The molecule has 0 bridgehead atoms. The molecule has 2 aliphatic rings. The molecule has 8 nitrogen and oxygen atoms in total. The zero-order valence-corrected chi connectivity index (χ0v) is 22.8. The van der Waals surface area contributed by atoms with Crippen LogP contribution in [0.2, 0.25) is 0 Å². The normalized spacial score (nSPS) is 24.9. The molecule has 2 heterocycles. The summed E-state index contributed by atoms with van der Waals surface area (Å²) < 4.78 is 32.8. The smallest absolute Gasteiger partial charge is 0.321 e. The van der Waals surface area contributed by atoms with E-state index in [2.05, 4.69) is 48.7 Å². The Balaban J connectivity index is 1.63. The first-order chi connectivity index (χ1) is 15.7. The van der Waals surface area contributed by atoms with Crippen molar-refractivity contribution in [3.8, 4) is 0 Å². The van der Waals surface area contributed by atoms with Gasteiger partial charge in [0, 0.05) is 37.1 Å². The summed E-state index contributed by atoms with van der Waals surface area (Å²) in [5.41, 5.74) is 4.19. The number of anilines is 2. The Kier molecular flexibility index (Phi) is 7.89. The second-order valence-electron chi connectivity index (χ2n) is 10.9. The summed E-state index contributed by atoms with van der Waals surface area (Å²) in [6, 6.07) is 4.06. The van der Waals surface area contributed by atoms with Crippen LogP contribution in [-0.4, -0.2) is 68.0 Å². The van der Waals surface area contributed by atoms with E-state index in [1.54, 1.807) is 25.7 Å². The van der Waals surface area contributed by atoms with Gasteiger partial charge >= 0.3 is 6.03 Å². The van der Waals surface area contributed by atoms with Gasteiger partial charge in [-0.25, -0.2) is 17.9 Å². The summed E-state index contributed by atoms with van der Waals surface area (Å²) in [5, 5.41) is 3.07. The maximum atomic E-state index is 13.0. The molecule has 0 saturated carbocycles. The molecule has 3 rings (SSSR count). The third-order valence-electron chi connectivity index (χ3n) is 7.29. The van der Waals surface area contributed by atoms with Crippen LogP contribution >= 0.6 is 0 Å². The van der Waals surface area contributed by atoms with E-state index in [0.717, 1.165) is 23.4 Å². The Morgan fingerprint density at radius 1 is 1.06 bits per heavy atom. The van der Waals surface area contributed by atoms with Gasteiger partial charge in [0.25, 0.3) is 0 Å². The number of carbonyl (C=O) groups excluding carboxylic acids is 1. The van der Waals surface area contributed by atoms with Crippen molar-refractivity contribution in [3.05, 3.63) is 23.3 Å². The number of morpholine rings is 1. The second kappa shape index (κ2) is 10.0. The molecule has 2 saturated heterocycles. The molecule has 34 heavy (non-hydrogen) atoms.